The van der Waals surface area contributed by atoms with E-state index in [2.05, 4.69) is 20.8 Å². The Bertz CT molecular complexity index is 133. The summed E-state index contributed by atoms with van der Waals surface area (Å²) >= 11 is 0. The van der Waals surface area contributed by atoms with Crippen molar-refractivity contribution in [2.45, 2.75) is 46.5 Å². The predicted octanol–water partition coefficient (Wildman–Crippen LogP) is 3.97. The zero-order chi connectivity index (χ0) is 9.45. The van der Waals surface area contributed by atoms with Gasteiger partial charge in [-0.2, -0.15) is 0 Å². The third-order valence-electron chi connectivity index (χ3n) is 2.18. The van der Waals surface area contributed by atoms with E-state index in [1.54, 1.807) is 0 Å². The van der Waals surface area contributed by atoms with Crippen molar-refractivity contribution in [2.24, 2.45) is 0 Å². The Morgan fingerprint density at radius 2 is 1.33 bits per heavy atom. The number of hydrogen-bond donors (Lipinski definition) is 0. The van der Waals surface area contributed by atoms with Crippen LogP contribution in [-0.2, 0) is 4.57 Å². The molecule has 0 spiro atoms. The quantitative estimate of drug-likeness (QED) is 0.555. The van der Waals surface area contributed by atoms with Gasteiger partial charge in [0.05, 0.1) is 7.14 Å². The molecule has 1 nitrogen and oxygen atoms in total. The van der Waals surface area contributed by atoms with Crippen LogP contribution in [0.5, 0.6) is 0 Å². The van der Waals surface area contributed by atoms with Crippen LogP contribution >= 0.6 is 7.14 Å². The van der Waals surface area contributed by atoms with Crippen LogP contribution in [0.3, 0.4) is 0 Å². The average Bonchev–Trinajstić information content (AvgIpc) is 2.02. The first-order chi connectivity index (χ1) is 5.68. The molecule has 12 heavy (non-hydrogen) atoms. The maximum Gasteiger partial charge on any atom is 0.0877 e. The second kappa shape index (κ2) is 6.71. The first kappa shape index (κ1) is 12.2. The van der Waals surface area contributed by atoms with Crippen molar-refractivity contribution in [1.29, 1.82) is 0 Å². The largest absolute Gasteiger partial charge is 0.324 e. The summed E-state index contributed by atoms with van der Waals surface area (Å²) in [5, 5.41) is 0. The highest BCUT2D eigenvalue weighted by atomic mass is 31.2. The molecule has 0 fully saturated rings. The molecule has 0 amide bonds. The molecule has 0 aliphatic heterocycles. The van der Waals surface area contributed by atoms with Crippen molar-refractivity contribution in [3.8, 4) is 0 Å². The Hall–Kier alpha value is 0.230. The SMILES string of the molecule is CCCCP(=O)(CCC)CCC. The molecule has 0 unspecified atom stereocenters. The van der Waals surface area contributed by atoms with Gasteiger partial charge in [0, 0.05) is 18.5 Å². The van der Waals surface area contributed by atoms with E-state index in [0.717, 1.165) is 37.7 Å². The van der Waals surface area contributed by atoms with Gasteiger partial charge in [0.15, 0.2) is 0 Å². The van der Waals surface area contributed by atoms with Crippen molar-refractivity contribution < 1.29 is 4.57 Å². The average molecular weight is 190 g/mol. The smallest absolute Gasteiger partial charge is 0.0877 e. The van der Waals surface area contributed by atoms with Gasteiger partial charge in [-0.1, -0.05) is 27.2 Å². The monoisotopic (exact) mass is 190 g/mol. The summed E-state index contributed by atoms with van der Waals surface area (Å²) in [6.45, 7) is 6.44. The van der Waals surface area contributed by atoms with E-state index >= 15 is 0 Å². The molecule has 0 aliphatic rings. The molecule has 0 aromatic rings. The lowest BCUT2D eigenvalue weighted by molar-refractivity contribution is 0.570. The lowest BCUT2D eigenvalue weighted by Gasteiger charge is -2.15. The molecule has 0 radical (unpaired) electrons. The molecular formula is C10H23OP. The van der Waals surface area contributed by atoms with Gasteiger partial charge in [0.25, 0.3) is 0 Å². The van der Waals surface area contributed by atoms with Crippen LogP contribution in [0.1, 0.15) is 46.5 Å². The number of hydrogen-bond acceptors (Lipinski definition) is 1. The molecule has 74 valence electrons. The maximum absolute atomic E-state index is 12.2. The topological polar surface area (TPSA) is 17.1 Å². The Kier molecular flexibility index (Phi) is 6.84. The molecule has 2 heteroatoms. The van der Waals surface area contributed by atoms with Gasteiger partial charge in [0.1, 0.15) is 0 Å². The highest BCUT2D eigenvalue weighted by molar-refractivity contribution is 7.63. The third-order valence-corrected chi connectivity index (χ3v) is 5.84. The van der Waals surface area contributed by atoms with Gasteiger partial charge in [-0.15, -0.1) is 0 Å². The molecule has 0 bridgehead atoms. The molecule has 0 saturated heterocycles. The normalized spacial score (nSPS) is 11.9. The molecule has 0 aromatic heterocycles. The van der Waals surface area contributed by atoms with Crippen LogP contribution in [-0.4, -0.2) is 18.5 Å². The second-order valence-electron chi connectivity index (χ2n) is 3.58. The highest BCUT2D eigenvalue weighted by Crippen LogP contribution is 2.47. The van der Waals surface area contributed by atoms with E-state index in [0.29, 0.717) is 0 Å². The van der Waals surface area contributed by atoms with Crippen LogP contribution in [0.2, 0.25) is 0 Å². The fourth-order valence-corrected chi connectivity index (χ4v) is 4.79. The van der Waals surface area contributed by atoms with Gasteiger partial charge in [0.2, 0.25) is 0 Å². The van der Waals surface area contributed by atoms with Crippen molar-refractivity contribution in [1.82, 2.24) is 0 Å². The predicted molar refractivity (Wildman–Crippen MR) is 57.7 cm³/mol. The summed E-state index contributed by atoms with van der Waals surface area (Å²) in [7, 11) is -1.74. The summed E-state index contributed by atoms with van der Waals surface area (Å²) in [4.78, 5) is 0. The zero-order valence-corrected chi connectivity index (χ0v) is 9.70. The molecule has 0 heterocycles. The van der Waals surface area contributed by atoms with Crippen LogP contribution in [0.15, 0.2) is 0 Å². The molecular weight excluding hydrogens is 167 g/mol. The van der Waals surface area contributed by atoms with Gasteiger partial charge < -0.3 is 4.57 Å². The number of unbranched alkanes of at least 4 members (excludes halogenated alkanes) is 1. The molecule has 0 atom stereocenters. The summed E-state index contributed by atoms with van der Waals surface area (Å²) < 4.78 is 12.2. The van der Waals surface area contributed by atoms with Crippen LogP contribution < -0.4 is 0 Å². The third kappa shape index (κ3) is 4.98. The van der Waals surface area contributed by atoms with Crippen LogP contribution in [0.4, 0.5) is 0 Å². The minimum absolute atomic E-state index is 0.973. The molecule has 0 aromatic carbocycles. The van der Waals surface area contributed by atoms with Crippen LogP contribution in [0.25, 0.3) is 0 Å². The second-order valence-corrected chi connectivity index (χ2v) is 7.04. The summed E-state index contributed by atoms with van der Waals surface area (Å²) in [6.07, 6.45) is 7.43. The lowest BCUT2D eigenvalue weighted by atomic mass is 10.4. The Labute approximate surface area is 77.3 Å². The fourth-order valence-electron chi connectivity index (χ4n) is 1.60. The summed E-state index contributed by atoms with van der Waals surface area (Å²) in [5.74, 6) is 0. The van der Waals surface area contributed by atoms with Gasteiger partial charge >= 0.3 is 0 Å². The van der Waals surface area contributed by atoms with E-state index in [1.165, 1.54) is 6.42 Å². The standard InChI is InChI=1S/C10H23OP/c1-4-7-10-12(11,8-5-2)9-6-3/h4-10H2,1-3H3. The first-order valence-electron chi connectivity index (χ1n) is 5.25. The fraction of sp³-hybridized carbons (Fsp3) is 1.00. The van der Waals surface area contributed by atoms with E-state index in [4.69, 9.17) is 0 Å². The van der Waals surface area contributed by atoms with E-state index in [-0.39, 0.29) is 0 Å². The van der Waals surface area contributed by atoms with Gasteiger partial charge in [-0.3, -0.25) is 0 Å². The number of rotatable bonds is 7. The Morgan fingerprint density at radius 1 is 0.833 bits per heavy atom. The summed E-state index contributed by atoms with van der Waals surface area (Å²) in [6, 6.07) is 0. The minimum atomic E-state index is -1.74. The summed E-state index contributed by atoms with van der Waals surface area (Å²) in [5.41, 5.74) is 0. The highest BCUT2D eigenvalue weighted by Gasteiger charge is 2.18. The van der Waals surface area contributed by atoms with Crippen molar-refractivity contribution in [2.75, 3.05) is 18.5 Å². The van der Waals surface area contributed by atoms with Crippen molar-refractivity contribution in [3.05, 3.63) is 0 Å². The first-order valence-corrected chi connectivity index (χ1v) is 7.52. The van der Waals surface area contributed by atoms with Gasteiger partial charge in [-0.05, 0) is 19.3 Å². The Balaban J connectivity index is 3.90. The van der Waals surface area contributed by atoms with Crippen molar-refractivity contribution >= 4 is 7.14 Å². The van der Waals surface area contributed by atoms with E-state index < -0.39 is 7.14 Å². The minimum Gasteiger partial charge on any atom is -0.324 e. The maximum atomic E-state index is 12.2. The van der Waals surface area contributed by atoms with Crippen molar-refractivity contribution in [3.63, 3.8) is 0 Å². The zero-order valence-electron chi connectivity index (χ0n) is 8.81. The van der Waals surface area contributed by atoms with Gasteiger partial charge in [-0.25, -0.2) is 0 Å². The van der Waals surface area contributed by atoms with Crippen LogP contribution in [0, 0.1) is 0 Å². The lowest BCUT2D eigenvalue weighted by Crippen LogP contribution is -1.98. The molecule has 0 saturated carbocycles. The Morgan fingerprint density at radius 3 is 1.67 bits per heavy atom. The molecule has 0 rings (SSSR count). The molecule has 0 N–H and O–H groups in total. The van der Waals surface area contributed by atoms with E-state index in [1.807, 2.05) is 0 Å². The van der Waals surface area contributed by atoms with E-state index in [9.17, 15) is 4.57 Å². The molecule has 0 aliphatic carbocycles.